The molecular formula is C77H134O6. The topological polar surface area (TPSA) is 78.9 Å². The summed E-state index contributed by atoms with van der Waals surface area (Å²) in [5.74, 6) is -0.903. The molecule has 0 spiro atoms. The highest BCUT2D eigenvalue weighted by Gasteiger charge is 2.19. The van der Waals surface area contributed by atoms with Crippen molar-refractivity contribution in [3.63, 3.8) is 0 Å². The molecular weight excluding hydrogens is 1020 g/mol. The number of esters is 3. The van der Waals surface area contributed by atoms with Gasteiger partial charge in [-0.3, -0.25) is 14.4 Å². The minimum atomic E-state index is -0.794. The first-order valence-corrected chi connectivity index (χ1v) is 35.7. The van der Waals surface area contributed by atoms with E-state index in [9.17, 15) is 14.4 Å². The van der Waals surface area contributed by atoms with Crippen molar-refractivity contribution in [3.05, 3.63) is 97.2 Å². The number of ether oxygens (including phenoxy) is 3. The fourth-order valence-electron chi connectivity index (χ4n) is 10.2. The highest BCUT2D eigenvalue weighted by molar-refractivity contribution is 5.71. The summed E-state index contributed by atoms with van der Waals surface area (Å²) in [5, 5.41) is 0. The summed E-state index contributed by atoms with van der Waals surface area (Å²) >= 11 is 0. The van der Waals surface area contributed by atoms with Gasteiger partial charge in [-0.2, -0.15) is 0 Å². The third-order valence-electron chi connectivity index (χ3n) is 15.6. The average Bonchev–Trinajstić information content (AvgIpc) is 3.49. The maximum atomic E-state index is 12.9. The molecule has 6 nitrogen and oxygen atoms in total. The summed E-state index contributed by atoms with van der Waals surface area (Å²) in [6.45, 7) is 6.53. The molecule has 0 aromatic heterocycles. The van der Waals surface area contributed by atoms with Gasteiger partial charge in [-0.05, 0) is 103 Å². The minimum absolute atomic E-state index is 0.0868. The first kappa shape index (κ1) is 79.3. The number of allylic oxidation sites excluding steroid dienone is 16. The highest BCUT2D eigenvalue weighted by Crippen LogP contribution is 2.17. The second-order valence-corrected chi connectivity index (χ2v) is 23.8. The van der Waals surface area contributed by atoms with Gasteiger partial charge in [0.15, 0.2) is 6.10 Å². The van der Waals surface area contributed by atoms with Gasteiger partial charge in [-0.1, -0.05) is 330 Å². The maximum Gasteiger partial charge on any atom is 0.306 e. The van der Waals surface area contributed by atoms with Gasteiger partial charge < -0.3 is 14.2 Å². The molecule has 0 bridgehead atoms. The van der Waals surface area contributed by atoms with Crippen LogP contribution in [0, 0.1) is 0 Å². The molecule has 0 saturated carbocycles. The molecule has 0 aromatic rings. The Kier molecular flexibility index (Phi) is 67.7. The monoisotopic (exact) mass is 1160 g/mol. The third kappa shape index (κ3) is 69.0. The van der Waals surface area contributed by atoms with Gasteiger partial charge in [0.05, 0.1) is 0 Å². The van der Waals surface area contributed by atoms with Crippen molar-refractivity contribution >= 4 is 17.9 Å². The quantitative estimate of drug-likeness (QED) is 0.0261. The molecule has 0 N–H and O–H groups in total. The molecule has 0 aliphatic rings. The lowest BCUT2D eigenvalue weighted by Crippen LogP contribution is -2.30. The summed E-state index contributed by atoms with van der Waals surface area (Å²) in [7, 11) is 0. The molecule has 0 heterocycles. The number of unbranched alkanes of at least 4 members (excludes halogenated alkanes) is 38. The van der Waals surface area contributed by atoms with Crippen molar-refractivity contribution in [2.75, 3.05) is 13.2 Å². The molecule has 0 rings (SSSR count). The maximum absolute atomic E-state index is 12.9. The normalized spacial score (nSPS) is 12.7. The average molecular weight is 1160 g/mol. The summed E-state index contributed by atoms with van der Waals surface area (Å²) in [6.07, 6.45) is 95.9. The Hall–Kier alpha value is -3.67. The van der Waals surface area contributed by atoms with Crippen molar-refractivity contribution in [1.29, 1.82) is 0 Å². The van der Waals surface area contributed by atoms with Crippen LogP contribution in [0.15, 0.2) is 97.2 Å². The molecule has 0 saturated heterocycles. The van der Waals surface area contributed by atoms with Crippen LogP contribution >= 0.6 is 0 Å². The summed E-state index contributed by atoms with van der Waals surface area (Å²) < 4.78 is 16.9. The molecule has 0 aromatic carbocycles. The molecule has 0 fully saturated rings. The van der Waals surface area contributed by atoms with Crippen LogP contribution in [-0.4, -0.2) is 37.2 Å². The van der Waals surface area contributed by atoms with Crippen LogP contribution < -0.4 is 0 Å². The molecule has 0 amide bonds. The van der Waals surface area contributed by atoms with Crippen LogP contribution in [0.25, 0.3) is 0 Å². The Morgan fingerprint density at radius 2 is 0.470 bits per heavy atom. The van der Waals surface area contributed by atoms with Gasteiger partial charge in [-0.25, -0.2) is 0 Å². The van der Waals surface area contributed by atoms with Crippen molar-refractivity contribution in [1.82, 2.24) is 0 Å². The zero-order valence-corrected chi connectivity index (χ0v) is 54.9. The standard InChI is InChI=1S/C77H134O6/c1-4-7-10-13-16-19-22-25-27-29-31-32-33-34-35-36-37-38-39-40-41-42-43-44-46-47-49-52-55-58-61-64-67-70-76(79)82-73-74(72-81-75(78)69-66-63-60-57-54-51-24-21-18-15-12-9-6-3)83-77(80)71-68-65-62-59-56-53-50-48-45-30-28-26-23-20-17-14-11-8-5-2/h8,11,17,20,22,25-26,28-29,31,33-34,45,48,53,56,74H,4-7,9-10,12-16,18-19,21,23-24,27,30,32,35-44,46-47,49-52,54-55,57-73H2,1-3H3/b11-8-,20-17-,25-22-,28-26-,31-29-,34-33-,48-45-,56-53-. The number of carbonyl (C=O) groups is 3. The van der Waals surface area contributed by atoms with E-state index in [1.807, 2.05) is 0 Å². The van der Waals surface area contributed by atoms with E-state index in [2.05, 4.69) is 118 Å². The van der Waals surface area contributed by atoms with E-state index in [1.165, 1.54) is 205 Å². The Morgan fingerprint density at radius 1 is 0.253 bits per heavy atom. The van der Waals surface area contributed by atoms with Crippen LogP contribution in [0.3, 0.4) is 0 Å². The molecule has 0 radical (unpaired) electrons. The third-order valence-corrected chi connectivity index (χ3v) is 15.6. The van der Waals surface area contributed by atoms with E-state index in [0.717, 1.165) is 109 Å². The highest BCUT2D eigenvalue weighted by atomic mass is 16.6. The van der Waals surface area contributed by atoms with Gasteiger partial charge >= 0.3 is 17.9 Å². The van der Waals surface area contributed by atoms with Gasteiger partial charge in [0.1, 0.15) is 13.2 Å². The summed E-state index contributed by atoms with van der Waals surface area (Å²) in [6, 6.07) is 0. The van der Waals surface area contributed by atoms with Crippen LogP contribution in [-0.2, 0) is 28.6 Å². The van der Waals surface area contributed by atoms with Crippen molar-refractivity contribution in [2.45, 2.75) is 361 Å². The number of hydrogen-bond donors (Lipinski definition) is 0. The second-order valence-electron chi connectivity index (χ2n) is 23.8. The van der Waals surface area contributed by atoms with E-state index in [4.69, 9.17) is 14.2 Å². The number of carbonyl (C=O) groups excluding carboxylic acids is 3. The van der Waals surface area contributed by atoms with E-state index in [0.29, 0.717) is 19.3 Å². The Labute approximate surface area is 515 Å². The van der Waals surface area contributed by atoms with E-state index < -0.39 is 6.10 Å². The molecule has 1 atom stereocenters. The first-order chi connectivity index (χ1) is 41.0. The minimum Gasteiger partial charge on any atom is -0.462 e. The van der Waals surface area contributed by atoms with Gasteiger partial charge in [0, 0.05) is 19.3 Å². The van der Waals surface area contributed by atoms with Crippen molar-refractivity contribution < 1.29 is 28.6 Å². The number of rotatable bonds is 65. The molecule has 83 heavy (non-hydrogen) atoms. The first-order valence-electron chi connectivity index (χ1n) is 35.7. The summed E-state index contributed by atoms with van der Waals surface area (Å²) in [4.78, 5) is 38.4. The second kappa shape index (κ2) is 70.8. The lowest BCUT2D eigenvalue weighted by molar-refractivity contribution is -0.167. The van der Waals surface area contributed by atoms with Gasteiger partial charge in [0.2, 0.25) is 0 Å². The lowest BCUT2D eigenvalue weighted by Gasteiger charge is -2.18. The largest absolute Gasteiger partial charge is 0.462 e. The van der Waals surface area contributed by atoms with E-state index >= 15 is 0 Å². The molecule has 0 aliphatic carbocycles. The summed E-state index contributed by atoms with van der Waals surface area (Å²) in [5.41, 5.74) is 0. The van der Waals surface area contributed by atoms with Crippen LogP contribution in [0.2, 0.25) is 0 Å². The molecule has 1 unspecified atom stereocenters. The van der Waals surface area contributed by atoms with Gasteiger partial charge in [-0.15, -0.1) is 0 Å². The zero-order chi connectivity index (χ0) is 59.9. The van der Waals surface area contributed by atoms with Crippen molar-refractivity contribution in [3.8, 4) is 0 Å². The predicted octanol–water partition coefficient (Wildman–Crippen LogP) is 24.8. The van der Waals surface area contributed by atoms with Gasteiger partial charge in [0.25, 0.3) is 0 Å². The molecule has 478 valence electrons. The van der Waals surface area contributed by atoms with E-state index in [-0.39, 0.29) is 31.1 Å². The predicted molar refractivity (Wildman–Crippen MR) is 362 cm³/mol. The fraction of sp³-hybridized carbons (Fsp3) is 0.753. The van der Waals surface area contributed by atoms with Crippen LogP contribution in [0.4, 0.5) is 0 Å². The van der Waals surface area contributed by atoms with Crippen molar-refractivity contribution in [2.24, 2.45) is 0 Å². The molecule has 0 aliphatic heterocycles. The zero-order valence-electron chi connectivity index (χ0n) is 54.9. The molecule has 6 heteroatoms. The lowest BCUT2D eigenvalue weighted by atomic mass is 10.0. The SMILES string of the molecule is CC/C=C\C/C=C\C/C=C\C/C=C\C/C=C\CCCCCC(=O)OC(COC(=O)CCCCCCCCCCCCCCC)COC(=O)CCCCCCCCCCCCCCCCCCCC/C=C\C/C=C\C/C=C\CCCCCCC. The smallest absolute Gasteiger partial charge is 0.306 e. The van der Waals surface area contributed by atoms with E-state index in [1.54, 1.807) is 0 Å². The van der Waals surface area contributed by atoms with Crippen LogP contribution in [0.5, 0.6) is 0 Å². The Bertz CT molecular complexity index is 1610. The van der Waals surface area contributed by atoms with Crippen LogP contribution in [0.1, 0.15) is 355 Å². The Morgan fingerprint density at radius 3 is 0.747 bits per heavy atom. The fourth-order valence-corrected chi connectivity index (χ4v) is 10.2. The number of hydrogen-bond acceptors (Lipinski definition) is 6. The Balaban J connectivity index is 4.21.